The highest BCUT2D eigenvalue weighted by molar-refractivity contribution is 6.39. The van der Waals surface area contributed by atoms with Crippen LogP contribution in [-0.2, 0) is 0 Å². The minimum absolute atomic E-state index is 0.886. The molecule has 0 aliphatic carbocycles. The van der Waals surface area contributed by atoms with Crippen molar-refractivity contribution in [3.05, 3.63) is 0 Å². The largest absolute Gasteiger partial charge is 0.126 e. The van der Waals surface area contributed by atoms with Gasteiger partial charge in [0.05, 0.1) is 0 Å². The van der Waals surface area contributed by atoms with Crippen LogP contribution in [0.5, 0.6) is 0 Å². The summed E-state index contributed by atoms with van der Waals surface area (Å²) < 4.78 is 0. The Hall–Kier alpha value is 0.0649. The summed E-state index contributed by atoms with van der Waals surface area (Å²) >= 11 is 0. The molecule has 0 rings (SSSR count). The van der Waals surface area contributed by atoms with E-state index in [2.05, 4.69) is 27.7 Å². The summed E-state index contributed by atoms with van der Waals surface area (Å²) in [6.07, 6.45) is 13.0. The predicted molar refractivity (Wildman–Crippen MR) is 78.9 cm³/mol. The quantitative estimate of drug-likeness (QED) is 0.317. The molecular formula is C15H33B. The van der Waals surface area contributed by atoms with Crippen LogP contribution in [0.3, 0.4) is 0 Å². The summed E-state index contributed by atoms with van der Waals surface area (Å²) in [5, 5.41) is 0. The summed E-state index contributed by atoms with van der Waals surface area (Å²) in [4.78, 5) is 0. The first-order chi connectivity index (χ1) is 7.70. The lowest BCUT2D eigenvalue weighted by molar-refractivity contribution is 0.557. The molecule has 0 saturated carbocycles. The van der Waals surface area contributed by atoms with E-state index in [9.17, 15) is 0 Å². The molecule has 0 amide bonds. The lowest BCUT2D eigenvalue weighted by Crippen LogP contribution is -2.07. The standard InChI is InChI=1S/C15H33B/c1-5-7-8-9-10-11-13-15(12-6-2)16-14(3)4/h14-16H,5-13H2,1-4H3. The second kappa shape index (κ2) is 11.5. The molecule has 0 spiro atoms. The van der Waals surface area contributed by atoms with Crippen LogP contribution in [0.2, 0.25) is 11.6 Å². The Balaban J connectivity index is 3.44. The van der Waals surface area contributed by atoms with Crippen LogP contribution in [0.15, 0.2) is 0 Å². The monoisotopic (exact) mass is 224 g/mol. The van der Waals surface area contributed by atoms with Crippen molar-refractivity contribution in [3.63, 3.8) is 0 Å². The zero-order valence-corrected chi connectivity index (χ0v) is 12.2. The maximum atomic E-state index is 2.36. The highest BCUT2D eigenvalue weighted by Crippen LogP contribution is 2.24. The summed E-state index contributed by atoms with van der Waals surface area (Å²) in [5.41, 5.74) is 0. The van der Waals surface area contributed by atoms with Gasteiger partial charge in [-0.2, -0.15) is 0 Å². The molecular weight excluding hydrogens is 191 g/mol. The van der Waals surface area contributed by atoms with E-state index in [1.54, 1.807) is 0 Å². The summed E-state index contributed by atoms with van der Waals surface area (Å²) in [5.74, 6) is 1.90. The highest BCUT2D eigenvalue weighted by atomic mass is 14.0. The van der Waals surface area contributed by atoms with Gasteiger partial charge in [-0.25, -0.2) is 0 Å². The van der Waals surface area contributed by atoms with Crippen LogP contribution in [-0.4, -0.2) is 7.28 Å². The third-order valence-corrected chi connectivity index (χ3v) is 3.47. The number of unbranched alkanes of at least 4 members (excludes halogenated alkanes) is 5. The molecule has 0 aliphatic rings. The van der Waals surface area contributed by atoms with E-state index in [1.807, 2.05) is 0 Å². The van der Waals surface area contributed by atoms with Crippen molar-refractivity contribution in [3.8, 4) is 0 Å². The first-order valence-electron chi connectivity index (χ1n) is 7.70. The van der Waals surface area contributed by atoms with Gasteiger partial charge in [0.1, 0.15) is 7.28 Å². The molecule has 0 heterocycles. The topological polar surface area (TPSA) is 0 Å². The van der Waals surface area contributed by atoms with Gasteiger partial charge in [-0.15, -0.1) is 0 Å². The summed E-state index contributed by atoms with van der Waals surface area (Å²) in [7, 11) is 1.45. The smallest absolute Gasteiger partial charge is 0.0710 e. The van der Waals surface area contributed by atoms with E-state index in [1.165, 1.54) is 65.1 Å². The SMILES string of the molecule is CCCCCCCCC(BC(C)C)CCC. The molecule has 96 valence electrons. The van der Waals surface area contributed by atoms with E-state index in [-0.39, 0.29) is 0 Å². The fourth-order valence-corrected chi connectivity index (χ4v) is 2.67. The van der Waals surface area contributed by atoms with Crippen LogP contribution in [0, 0.1) is 0 Å². The lowest BCUT2D eigenvalue weighted by Gasteiger charge is -2.16. The van der Waals surface area contributed by atoms with Gasteiger partial charge in [0.25, 0.3) is 0 Å². The molecule has 0 aromatic rings. The molecule has 0 radical (unpaired) electrons. The van der Waals surface area contributed by atoms with Crippen LogP contribution in [0.1, 0.15) is 85.5 Å². The van der Waals surface area contributed by atoms with E-state index >= 15 is 0 Å². The van der Waals surface area contributed by atoms with Gasteiger partial charge in [0.2, 0.25) is 0 Å². The fourth-order valence-electron chi connectivity index (χ4n) is 2.67. The molecule has 16 heavy (non-hydrogen) atoms. The molecule has 0 nitrogen and oxygen atoms in total. The third-order valence-electron chi connectivity index (χ3n) is 3.47. The molecule has 1 atom stereocenters. The summed E-state index contributed by atoms with van der Waals surface area (Å²) in [6.45, 7) is 9.35. The highest BCUT2D eigenvalue weighted by Gasteiger charge is 2.11. The number of hydrogen-bond acceptors (Lipinski definition) is 0. The molecule has 1 heteroatoms. The average Bonchev–Trinajstić information content (AvgIpc) is 2.22. The van der Waals surface area contributed by atoms with Crippen molar-refractivity contribution in [2.24, 2.45) is 0 Å². The van der Waals surface area contributed by atoms with Crippen molar-refractivity contribution in [1.82, 2.24) is 0 Å². The Labute approximate surface area is 105 Å². The molecule has 0 aromatic carbocycles. The van der Waals surface area contributed by atoms with E-state index in [0.29, 0.717) is 0 Å². The Morgan fingerprint density at radius 2 is 1.38 bits per heavy atom. The fraction of sp³-hybridized carbons (Fsp3) is 1.00. The van der Waals surface area contributed by atoms with Crippen LogP contribution in [0.25, 0.3) is 0 Å². The third kappa shape index (κ3) is 10.6. The second-order valence-electron chi connectivity index (χ2n) is 5.84. The molecule has 0 fully saturated rings. The Kier molecular flexibility index (Phi) is 11.6. The molecule has 0 aromatic heterocycles. The minimum Gasteiger partial charge on any atom is -0.0710 e. The van der Waals surface area contributed by atoms with E-state index in [4.69, 9.17) is 0 Å². The average molecular weight is 224 g/mol. The van der Waals surface area contributed by atoms with E-state index < -0.39 is 0 Å². The van der Waals surface area contributed by atoms with Gasteiger partial charge in [-0.05, 0) is 0 Å². The number of rotatable bonds is 11. The summed E-state index contributed by atoms with van der Waals surface area (Å²) in [6, 6.07) is 0. The van der Waals surface area contributed by atoms with Crippen molar-refractivity contribution in [2.45, 2.75) is 97.1 Å². The van der Waals surface area contributed by atoms with Crippen molar-refractivity contribution >= 4 is 7.28 Å². The number of hydrogen-bond donors (Lipinski definition) is 0. The maximum Gasteiger partial charge on any atom is 0.126 e. The predicted octanol–water partition coefficient (Wildman–Crippen LogP) is 5.59. The van der Waals surface area contributed by atoms with Gasteiger partial charge in [0.15, 0.2) is 0 Å². The van der Waals surface area contributed by atoms with Gasteiger partial charge < -0.3 is 0 Å². The zero-order valence-electron chi connectivity index (χ0n) is 12.2. The molecule has 0 bridgehead atoms. The second-order valence-corrected chi connectivity index (χ2v) is 5.84. The Morgan fingerprint density at radius 1 is 0.750 bits per heavy atom. The van der Waals surface area contributed by atoms with Gasteiger partial charge in [0, 0.05) is 0 Å². The Bertz CT molecular complexity index is 131. The van der Waals surface area contributed by atoms with E-state index in [0.717, 1.165) is 11.6 Å². The van der Waals surface area contributed by atoms with Crippen molar-refractivity contribution in [2.75, 3.05) is 0 Å². The maximum absolute atomic E-state index is 2.36. The van der Waals surface area contributed by atoms with Gasteiger partial charge in [-0.1, -0.05) is 97.1 Å². The van der Waals surface area contributed by atoms with Gasteiger partial charge in [-0.3, -0.25) is 0 Å². The van der Waals surface area contributed by atoms with Crippen molar-refractivity contribution in [1.29, 1.82) is 0 Å². The zero-order chi connectivity index (χ0) is 12.2. The Morgan fingerprint density at radius 3 is 1.94 bits per heavy atom. The molecule has 0 saturated heterocycles. The molecule has 0 N–H and O–H groups in total. The first kappa shape index (κ1) is 16.1. The normalized spacial score (nSPS) is 13.1. The lowest BCUT2D eigenvalue weighted by atomic mass is 9.53. The van der Waals surface area contributed by atoms with Crippen LogP contribution < -0.4 is 0 Å². The van der Waals surface area contributed by atoms with Crippen molar-refractivity contribution < 1.29 is 0 Å². The first-order valence-corrected chi connectivity index (χ1v) is 7.70. The van der Waals surface area contributed by atoms with Gasteiger partial charge >= 0.3 is 0 Å². The van der Waals surface area contributed by atoms with Crippen LogP contribution in [0.4, 0.5) is 0 Å². The minimum atomic E-state index is 0.886. The molecule has 0 aliphatic heterocycles. The van der Waals surface area contributed by atoms with Crippen LogP contribution >= 0.6 is 0 Å². The molecule has 1 unspecified atom stereocenters.